The molecule has 0 aliphatic heterocycles. The summed E-state index contributed by atoms with van der Waals surface area (Å²) in [5.41, 5.74) is 3.16. The van der Waals surface area contributed by atoms with Gasteiger partial charge in [-0.2, -0.15) is 0 Å². The molecule has 0 amide bonds. The molecule has 0 saturated heterocycles. The van der Waals surface area contributed by atoms with Crippen molar-refractivity contribution in [1.29, 1.82) is 0 Å². The molecule has 15 heavy (non-hydrogen) atoms. The van der Waals surface area contributed by atoms with Gasteiger partial charge in [-0.15, -0.1) is 0 Å². The maximum Gasteiger partial charge on any atom is 0.141 e. The number of aromatic amines is 1. The van der Waals surface area contributed by atoms with E-state index in [1.54, 1.807) is 7.05 Å². The Labute approximate surface area is 88.5 Å². The maximum atomic E-state index is 11.0. The Morgan fingerprint density at radius 1 is 1.40 bits per heavy atom. The SMILES string of the molecule is CNC(C=O)c1c(C)[nH]c2ccccc12. The molecule has 78 valence electrons. The van der Waals surface area contributed by atoms with Crippen molar-refractivity contribution in [2.75, 3.05) is 7.05 Å². The third-order valence-electron chi connectivity index (χ3n) is 2.70. The molecule has 0 spiro atoms. The molecule has 1 aromatic heterocycles. The van der Waals surface area contributed by atoms with Crippen LogP contribution in [0.4, 0.5) is 0 Å². The molecule has 0 fully saturated rings. The lowest BCUT2D eigenvalue weighted by molar-refractivity contribution is -0.109. The van der Waals surface area contributed by atoms with Crippen LogP contribution in [0.5, 0.6) is 0 Å². The summed E-state index contributed by atoms with van der Waals surface area (Å²) in [6, 6.07) is 7.78. The highest BCUT2D eigenvalue weighted by Crippen LogP contribution is 2.26. The number of carbonyl (C=O) groups is 1. The van der Waals surface area contributed by atoms with E-state index in [-0.39, 0.29) is 6.04 Å². The number of fused-ring (bicyclic) bond motifs is 1. The first-order valence-corrected chi connectivity index (χ1v) is 4.97. The number of aromatic nitrogens is 1. The zero-order chi connectivity index (χ0) is 10.8. The molecule has 0 aliphatic carbocycles. The van der Waals surface area contributed by atoms with Crippen LogP contribution in [0.15, 0.2) is 24.3 Å². The molecular weight excluding hydrogens is 188 g/mol. The van der Waals surface area contributed by atoms with Gasteiger partial charge < -0.3 is 15.1 Å². The molecule has 2 N–H and O–H groups in total. The maximum absolute atomic E-state index is 11.0. The zero-order valence-corrected chi connectivity index (χ0v) is 8.87. The lowest BCUT2D eigenvalue weighted by Crippen LogP contribution is -2.17. The van der Waals surface area contributed by atoms with Gasteiger partial charge in [-0.05, 0) is 20.0 Å². The molecule has 1 atom stereocenters. The number of benzene rings is 1. The van der Waals surface area contributed by atoms with Crippen LogP contribution in [0, 0.1) is 6.92 Å². The van der Waals surface area contributed by atoms with Gasteiger partial charge in [-0.25, -0.2) is 0 Å². The van der Waals surface area contributed by atoms with Crippen molar-refractivity contribution in [3.63, 3.8) is 0 Å². The number of aryl methyl sites for hydroxylation is 1. The first-order chi connectivity index (χ1) is 7.27. The molecule has 0 radical (unpaired) electrons. The number of hydrogen-bond donors (Lipinski definition) is 2. The van der Waals surface area contributed by atoms with Gasteiger partial charge in [0.15, 0.2) is 0 Å². The van der Waals surface area contributed by atoms with Gasteiger partial charge in [0.1, 0.15) is 6.29 Å². The molecule has 3 nitrogen and oxygen atoms in total. The quantitative estimate of drug-likeness (QED) is 0.747. The van der Waals surface area contributed by atoms with E-state index >= 15 is 0 Å². The van der Waals surface area contributed by atoms with Gasteiger partial charge in [0.2, 0.25) is 0 Å². The second-order valence-corrected chi connectivity index (χ2v) is 3.61. The van der Waals surface area contributed by atoms with E-state index in [1.807, 2.05) is 31.2 Å². The fourth-order valence-corrected chi connectivity index (χ4v) is 1.98. The van der Waals surface area contributed by atoms with Crippen molar-refractivity contribution in [3.8, 4) is 0 Å². The first-order valence-electron chi connectivity index (χ1n) is 4.97. The predicted octanol–water partition coefficient (Wildman–Crippen LogP) is 1.94. The normalized spacial score (nSPS) is 12.9. The average Bonchev–Trinajstić information content (AvgIpc) is 2.58. The van der Waals surface area contributed by atoms with Crippen LogP contribution in [-0.4, -0.2) is 18.3 Å². The minimum atomic E-state index is -0.235. The molecular formula is C12H14N2O. The number of aldehydes is 1. The Kier molecular flexibility index (Phi) is 2.56. The van der Waals surface area contributed by atoms with Crippen molar-refractivity contribution in [2.24, 2.45) is 0 Å². The van der Waals surface area contributed by atoms with E-state index in [1.165, 1.54) is 0 Å². The number of nitrogens with one attached hydrogen (secondary N) is 2. The molecule has 1 heterocycles. The lowest BCUT2D eigenvalue weighted by atomic mass is 10.0. The number of likely N-dealkylation sites (N-methyl/N-ethyl adjacent to an activating group) is 1. The van der Waals surface area contributed by atoms with Crippen LogP contribution < -0.4 is 5.32 Å². The lowest BCUT2D eigenvalue weighted by Gasteiger charge is -2.09. The number of hydrogen-bond acceptors (Lipinski definition) is 2. The summed E-state index contributed by atoms with van der Waals surface area (Å²) < 4.78 is 0. The number of para-hydroxylation sites is 1. The van der Waals surface area contributed by atoms with Gasteiger partial charge in [-0.3, -0.25) is 0 Å². The molecule has 0 bridgehead atoms. The van der Waals surface area contributed by atoms with Crippen LogP contribution in [0.3, 0.4) is 0 Å². The average molecular weight is 202 g/mol. The highest BCUT2D eigenvalue weighted by Gasteiger charge is 2.15. The van der Waals surface area contributed by atoms with Crippen molar-refractivity contribution >= 4 is 17.2 Å². The Hall–Kier alpha value is -1.61. The predicted molar refractivity (Wildman–Crippen MR) is 60.9 cm³/mol. The van der Waals surface area contributed by atoms with Gasteiger partial charge in [0.25, 0.3) is 0 Å². The van der Waals surface area contributed by atoms with Crippen LogP contribution in [-0.2, 0) is 4.79 Å². The van der Waals surface area contributed by atoms with E-state index in [9.17, 15) is 4.79 Å². The van der Waals surface area contributed by atoms with Crippen LogP contribution in [0.25, 0.3) is 10.9 Å². The van der Waals surface area contributed by atoms with Gasteiger partial charge >= 0.3 is 0 Å². The van der Waals surface area contributed by atoms with E-state index in [0.717, 1.165) is 28.4 Å². The minimum Gasteiger partial charge on any atom is -0.358 e. The van der Waals surface area contributed by atoms with Crippen molar-refractivity contribution in [2.45, 2.75) is 13.0 Å². The molecule has 1 aromatic carbocycles. The molecule has 2 rings (SSSR count). The fourth-order valence-electron chi connectivity index (χ4n) is 1.98. The van der Waals surface area contributed by atoms with E-state index in [2.05, 4.69) is 10.3 Å². The third kappa shape index (κ3) is 1.55. The van der Waals surface area contributed by atoms with Crippen LogP contribution >= 0.6 is 0 Å². The Balaban J connectivity index is 2.67. The zero-order valence-electron chi connectivity index (χ0n) is 8.87. The highest BCUT2D eigenvalue weighted by molar-refractivity contribution is 5.87. The summed E-state index contributed by atoms with van der Waals surface area (Å²) in [7, 11) is 1.79. The molecule has 1 unspecified atom stereocenters. The Bertz CT molecular complexity index is 487. The molecule has 0 saturated carbocycles. The van der Waals surface area contributed by atoms with Crippen LogP contribution in [0.2, 0.25) is 0 Å². The second kappa shape index (κ2) is 3.87. The summed E-state index contributed by atoms with van der Waals surface area (Å²) >= 11 is 0. The summed E-state index contributed by atoms with van der Waals surface area (Å²) in [6.07, 6.45) is 0.933. The van der Waals surface area contributed by atoms with Crippen LogP contribution in [0.1, 0.15) is 17.3 Å². The Morgan fingerprint density at radius 3 is 2.80 bits per heavy atom. The highest BCUT2D eigenvalue weighted by atomic mass is 16.1. The number of carbonyl (C=O) groups excluding carboxylic acids is 1. The fraction of sp³-hybridized carbons (Fsp3) is 0.250. The molecule has 2 aromatic rings. The Morgan fingerprint density at radius 2 is 2.13 bits per heavy atom. The summed E-state index contributed by atoms with van der Waals surface area (Å²) in [6.45, 7) is 1.99. The monoisotopic (exact) mass is 202 g/mol. The van der Waals surface area contributed by atoms with E-state index in [4.69, 9.17) is 0 Å². The van der Waals surface area contributed by atoms with Gasteiger partial charge in [0.05, 0.1) is 6.04 Å². The first kappa shape index (κ1) is 9.93. The standard InChI is InChI=1S/C12H14N2O/c1-8-12(11(7-15)13-2)9-5-3-4-6-10(9)14-8/h3-7,11,13-14H,1-2H3. The van der Waals surface area contributed by atoms with Crippen molar-refractivity contribution in [1.82, 2.24) is 10.3 Å². The van der Waals surface area contributed by atoms with E-state index < -0.39 is 0 Å². The summed E-state index contributed by atoms with van der Waals surface area (Å²) in [5.74, 6) is 0. The van der Waals surface area contributed by atoms with Crippen molar-refractivity contribution in [3.05, 3.63) is 35.5 Å². The minimum absolute atomic E-state index is 0.235. The molecule has 0 aliphatic rings. The van der Waals surface area contributed by atoms with Gasteiger partial charge in [-0.1, -0.05) is 18.2 Å². The number of H-pyrrole nitrogens is 1. The topological polar surface area (TPSA) is 44.9 Å². The number of rotatable bonds is 3. The second-order valence-electron chi connectivity index (χ2n) is 3.61. The summed E-state index contributed by atoms with van der Waals surface area (Å²) in [4.78, 5) is 14.2. The third-order valence-corrected chi connectivity index (χ3v) is 2.70. The largest absolute Gasteiger partial charge is 0.358 e. The summed E-state index contributed by atoms with van der Waals surface area (Å²) in [5, 5.41) is 4.11. The molecule has 3 heteroatoms. The van der Waals surface area contributed by atoms with Crippen molar-refractivity contribution < 1.29 is 4.79 Å². The van der Waals surface area contributed by atoms with Gasteiger partial charge in [0, 0.05) is 22.2 Å². The van der Waals surface area contributed by atoms with E-state index in [0.29, 0.717) is 0 Å². The smallest absolute Gasteiger partial charge is 0.141 e.